The predicted octanol–water partition coefficient (Wildman–Crippen LogP) is 2.76. The summed E-state index contributed by atoms with van der Waals surface area (Å²) in [5, 5.41) is 0. The number of hydrogen-bond acceptors (Lipinski definition) is 6. The average Bonchev–Trinajstić information content (AvgIpc) is 3.04. The molecule has 140 valence electrons. The lowest BCUT2D eigenvalue weighted by molar-refractivity contribution is -0.167. The highest BCUT2D eigenvalue weighted by molar-refractivity contribution is 5.76. The quantitative estimate of drug-likeness (QED) is 0.782. The number of pyridine rings is 1. The molecule has 1 fully saturated rings. The summed E-state index contributed by atoms with van der Waals surface area (Å²) in [7, 11) is 0. The minimum Gasteiger partial charge on any atom is -0.484 e. The SMILES string of the molecule is CC12CCCOC1C1(COC(N)=N1)c1cc(-c3cccnc3F)ccc1O2. The fourth-order valence-corrected chi connectivity index (χ4v) is 4.52. The molecule has 2 aromatic rings. The first-order valence-corrected chi connectivity index (χ1v) is 9.06. The molecule has 5 rings (SSSR count). The highest BCUT2D eigenvalue weighted by Crippen LogP contribution is 2.52. The summed E-state index contributed by atoms with van der Waals surface area (Å²) in [6, 6.07) is 9.13. The van der Waals surface area contributed by atoms with Gasteiger partial charge in [0.15, 0.2) is 5.54 Å². The summed E-state index contributed by atoms with van der Waals surface area (Å²) < 4.78 is 32.3. The second-order valence-corrected chi connectivity index (χ2v) is 7.48. The van der Waals surface area contributed by atoms with Crippen molar-refractivity contribution in [2.75, 3.05) is 13.2 Å². The van der Waals surface area contributed by atoms with Gasteiger partial charge in [0.2, 0.25) is 5.95 Å². The molecule has 1 aromatic carbocycles. The summed E-state index contributed by atoms with van der Waals surface area (Å²) in [4.78, 5) is 8.42. The zero-order valence-electron chi connectivity index (χ0n) is 14.9. The maximum absolute atomic E-state index is 14.2. The van der Waals surface area contributed by atoms with E-state index in [4.69, 9.17) is 19.9 Å². The van der Waals surface area contributed by atoms with Crippen LogP contribution in [0.25, 0.3) is 11.1 Å². The molecule has 27 heavy (non-hydrogen) atoms. The normalized spacial score (nSPS) is 31.5. The monoisotopic (exact) mass is 369 g/mol. The summed E-state index contributed by atoms with van der Waals surface area (Å²) in [5.41, 5.74) is 6.49. The van der Waals surface area contributed by atoms with Crippen molar-refractivity contribution >= 4 is 6.02 Å². The molecule has 3 atom stereocenters. The summed E-state index contributed by atoms with van der Waals surface area (Å²) in [5.74, 6) is 0.182. The van der Waals surface area contributed by atoms with Crippen LogP contribution in [0.5, 0.6) is 5.75 Å². The van der Waals surface area contributed by atoms with Crippen LogP contribution >= 0.6 is 0 Å². The van der Waals surface area contributed by atoms with E-state index in [1.54, 1.807) is 12.1 Å². The molecule has 0 amide bonds. The number of nitrogens with two attached hydrogens (primary N) is 1. The van der Waals surface area contributed by atoms with Gasteiger partial charge in [-0.3, -0.25) is 0 Å². The lowest BCUT2D eigenvalue weighted by atomic mass is 9.72. The molecule has 0 aliphatic carbocycles. The van der Waals surface area contributed by atoms with Crippen molar-refractivity contribution in [1.82, 2.24) is 4.98 Å². The van der Waals surface area contributed by atoms with Crippen molar-refractivity contribution in [2.24, 2.45) is 10.7 Å². The largest absolute Gasteiger partial charge is 0.484 e. The second-order valence-electron chi connectivity index (χ2n) is 7.48. The van der Waals surface area contributed by atoms with Crippen LogP contribution in [0.15, 0.2) is 41.5 Å². The van der Waals surface area contributed by atoms with Gasteiger partial charge < -0.3 is 19.9 Å². The minimum atomic E-state index is -0.804. The van der Waals surface area contributed by atoms with Crippen molar-refractivity contribution in [3.63, 3.8) is 0 Å². The van der Waals surface area contributed by atoms with Crippen LogP contribution < -0.4 is 10.5 Å². The molecule has 4 heterocycles. The fourth-order valence-electron chi connectivity index (χ4n) is 4.52. The van der Waals surface area contributed by atoms with Crippen molar-refractivity contribution in [1.29, 1.82) is 0 Å². The number of rotatable bonds is 1. The third-order valence-electron chi connectivity index (χ3n) is 5.70. The van der Waals surface area contributed by atoms with Gasteiger partial charge in [0, 0.05) is 23.9 Å². The molecule has 3 unspecified atom stereocenters. The van der Waals surface area contributed by atoms with Gasteiger partial charge in [0.05, 0.1) is 0 Å². The second kappa shape index (κ2) is 5.66. The zero-order chi connectivity index (χ0) is 18.6. The third-order valence-corrected chi connectivity index (χ3v) is 5.70. The predicted molar refractivity (Wildman–Crippen MR) is 96.9 cm³/mol. The van der Waals surface area contributed by atoms with Crippen molar-refractivity contribution in [2.45, 2.75) is 37.0 Å². The van der Waals surface area contributed by atoms with Crippen molar-refractivity contribution < 1.29 is 18.6 Å². The van der Waals surface area contributed by atoms with Crippen LogP contribution in [0.2, 0.25) is 0 Å². The molecule has 2 N–H and O–H groups in total. The Bertz CT molecular complexity index is 950. The molecule has 0 saturated carbocycles. The summed E-state index contributed by atoms with van der Waals surface area (Å²) >= 11 is 0. The Balaban J connectivity index is 1.71. The Kier molecular flexibility index (Phi) is 3.46. The molecular formula is C20H20FN3O3. The Labute approximate surface area is 156 Å². The first-order valence-electron chi connectivity index (χ1n) is 9.06. The van der Waals surface area contributed by atoms with Crippen LogP contribution in [0.1, 0.15) is 25.3 Å². The Morgan fingerprint density at radius 2 is 2.19 bits per heavy atom. The van der Waals surface area contributed by atoms with E-state index >= 15 is 0 Å². The maximum Gasteiger partial charge on any atom is 0.283 e. The molecule has 1 spiro atoms. The Morgan fingerprint density at radius 1 is 1.30 bits per heavy atom. The highest BCUT2D eigenvalue weighted by Gasteiger charge is 2.60. The van der Waals surface area contributed by atoms with Crippen LogP contribution in [0.3, 0.4) is 0 Å². The number of ether oxygens (including phenoxy) is 3. The van der Waals surface area contributed by atoms with Crippen LogP contribution in [0, 0.1) is 5.95 Å². The van der Waals surface area contributed by atoms with Gasteiger partial charge >= 0.3 is 0 Å². The van der Waals surface area contributed by atoms with Gasteiger partial charge in [-0.25, -0.2) is 9.98 Å². The number of fused-ring (bicyclic) bond motifs is 4. The highest BCUT2D eigenvalue weighted by atomic mass is 19.1. The fraction of sp³-hybridized carbons (Fsp3) is 0.400. The average molecular weight is 369 g/mol. The molecular weight excluding hydrogens is 349 g/mol. The lowest BCUT2D eigenvalue weighted by Crippen LogP contribution is -2.62. The van der Waals surface area contributed by atoms with Gasteiger partial charge in [-0.2, -0.15) is 4.39 Å². The van der Waals surface area contributed by atoms with Crippen LogP contribution in [-0.2, 0) is 15.0 Å². The van der Waals surface area contributed by atoms with Crippen molar-refractivity contribution in [3.05, 3.63) is 48.0 Å². The van der Waals surface area contributed by atoms with E-state index in [0.29, 0.717) is 23.5 Å². The zero-order valence-corrected chi connectivity index (χ0v) is 14.9. The number of halogens is 1. The van der Waals surface area contributed by atoms with E-state index in [0.717, 1.165) is 18.4 Å². The van der Waals surface area contributed by atoms with Gasteiger partial charge in [-0.1, -0.05) is 6.07 Å². The van der Waals surface area contributed by atoms with Gasteiger partial charge in [0.1, 0.15) is 24.1 Å². The van der Waals surface area contributed by atoms with E-state index in [1.165, 1.54) is 6.20 Å². The van der Waals surface area contributed by atoms with Crippen molar-refractivity contribution in [3.8, 4) is 16.9 Å². The molecule has 0 bridgehead atoms. The molecule has 7 heteroatoms. The number of nitrogens with zero attached hydrogens (tertiary/aromatic N) is 2. The summed E-state index contributed by atoms with van der Waals surface area (Å²) in [6.07, 6.45) is 2.87. The van der Waals surface area contributed by atoms with Gasteiger partial charge in [0.25, 0.3) is 6.02 Å². The number of hydrogen-bond donors (Lipinski definition) is 1. The molecule has 6 nitrogen and oxygen atoms in total. The topological polar surface area (TPSA) is 79.0 Å². The standard InChI is InChI=1S/C20H20FN3O3/c1-19-7-3-9-25-17(19)20(11-26-18(22)24-20)14-10-12(5-6-15(14)27-19)13-4-2-8-23-16(13)21/h2,4-6,8,10,17H,3,7,9,11H2,1H3,(H2,22,24). The van der Waals surface area contributed by atoms with E-state index in [9.17, 15) is 4.39 Å². The molecule has 1 aromatic heterocycles. The third kappa shape index (κ3) is 2.34. The molecule has 3 aliphatic heterocycles. The van der Waals surface area contributed by atoms with Gasteiger partial charge in [-0.15, -0.1) is 0 Å². The Morgan fingerprint density at radius 3 is 2.96 bits per heavy atom. The van der Waals surface area contributed by atoms with E-state index in [-0.39, 0.29) is 18.7 Å². The Hall–Kier alpha value is -2.67. The minimum absolute atomic E-state index is 0.136. The number of amidine groups is 1. The van der Waals surface area contributed by atoms with E-state index in [2.05, 4.69) is 9.98 Å². The number of aliphatic imine (C=N–C) groups is 1. The number of aromatic nitrogens is 1. The first-order chi connectivity index (χ1) is 13.0. The molecule has 0 radical (unpaired) electrons. The lowest BCUT2D eigenvalue weighted by Gasteiger charge is -2.51. The smallest absolute Gasteiger partial charge is 0.283 e. The summed E-state index contributed by atoms with van der Waals surface area (Å²) in [6.45, 7) is 2.95. The van der Waals surface area contributed by atoms with Gasteiger partial charge in [-0.05, 0) is 49.6 Å². The first kappa shape index (κ1) is 16.5. The van der Waals surface area contributed by atoms with Crippen LogP contribution in [-0.4, -0.2) is 35.9 Å². The molecule has 1 saturated heterocycles. The molecule has 3 aliphatic rings. The maximum atomic E-state index is 14.2. The van der Waals surface area contributed by atoms with E-state index < -0.39 is 17.1 Å². The van der Waals surface area contributed by atoms with E-state index in [1.807, 2.05) is 25.1 Å². The number of benzene rings is 1. The van der Waals surface area contributed by atoms with Crippen LogP contribution in [0.4, 0.5) is 4.39 Å².